The van der Waals surface area contributed by atoms with E-state index in [0.717, 1.165) is 0 Å². The molecule has 9 heavy (non-hydrogen) atoms. The molecule has 1 atom stereocenters. The molecule has 0 rings (SSSR count). The van der Waals surface area contributed by atoms with Gasteiger partial charge in [-0.1, -0.05) is 44.5 Å². The van der Waals surface area contributed by atoms with Crippen molar-refractivity contribution in [2.24, 2.45) is 5.92 Å². The van der Waals surface area contributed by atoms with Gasteiger partial charge in [0.2, 0.25) is 0 Å². The molecule has 0 fully saturated rings. The second-order valence-corrected chi connectivity index (χ2v) is 2.23. The maximum atomic E-state index is 7.09. The van der Waals surface area contributed by atoms with E-state index in [9.17, 15) is 0 Å². The average Bonchev–Trinajstić information content (AvgIpc) is 1.87. The van der Waals surface area contributed by atoms with E-state index >= 15 is 0 Å². The predicted octanol–water partition coefficient (Wildman–Crippen LogP) is 3.16. The van der Waals surface area contributed by atoms with Crippen molar-refractivity contribution in [2.75, 3.05) is 0 Å². The van der Waals surface area contributed by atoms with Gasteiger partial charge in [0.1, 0.15) is 0 Å². The summed E-state index contributed by atoms with van der Waals surface area (Å²) in [5, 5.41) is 0. The summed E-state index contributed by atoms with van der Waals surface area (Å²) in [5.41, 5.74) is 0. The van der Waals surface area contributed by atoms with E-state index in [2.05, 4.69) is 19.9 Å². The Bertz CT molecular complexity index is 130. The van der Waals surface area contributed by atoms with Gasteiger partial charge in [0.15, 0.2) is 0 Å². The highest BCUT2D eigenvalue weighted by Gasteiger charge is 1.86. The molecular formula is C9H16. The maximum Gasteiger partial charge on any atom is 0.0573 e. The standard InChI is InChI=1S/C9H16/c1-4-6-7-8-9(3)5-2/h4,6-9H,5H2,1-3H3/b6-4+,8-7+/t9-/m0/s1/i4D. The molecule has 0 saturated carbocycles. The van der Waals surface area contributed by atoms with E-state index in [4.69, 9.17) is 1.37 Å². The van der Waals surface area contributed by atoms with Crippen LogP contribution < -0.4 is 0 Å². The first kappa shape index (κ1) is 6.60. The number of hydrogen-bond donors (Lipinski definition) is 0. The molecule has 0 saturated heterocycles. The lowest BCUT2D eigenvalue weighted by Crippen LogP contribution is -1.82. The summed E-state index contributed by atoms with van der Waals surface area (Å²) in [5.74, 6) is 0.635. The molecular weight excluding hydrogens is 108 g/mol. The Balaban J connectivity index is 3.66. The first-order valence-corrected chi connectivity index (χ1v) is 3.48. The van der Waals surface area contributed by atoms with Crippen LogP contribution in [0.4, 0.5) is 0 Å². The van der Waals surface area contributed by atoms with Crippen molar-refractivity contribution < 1.29 is 1.37 Å². The number of allylic oxidation sites excluding steroid dienone is 4. The topological polar surface area (TPSA) is 0 Å². The number of rotatable bonds is 3. The van der Waals surface area contributed by atoms with Gasteiger partial charge >= 0.3 is 0 Å². The van der Waals surface area contributed by atoms with Crippen molar-refractivity contribution in [3.8, 4) is 0 Å². The Morgan fingerprint density at radius 3 is 2.67 bits per heavy atom. The SMILES string of the molecule is [2H]/C(C)=C\C=C\[C@@H](C)CC. The molecule has 0 radical (unpaired) electrons. The summed E-state index contributed by atoms with van der Waals surface area (Å²) >= 11 is 0. The molecule has 52 valence electrons. The van der Waals surface area contributed by atoms with Crippen molar-refractivity contribution in [1.29, 1.82) is 0 Å². The molecule has 0 aliphatic rings. The van der Waals surface area contributed by atoms with Crippen LogP contribution >= 0.6 is 0 Å². The molecule has 0 bridgehead atoms. The summed E-state index contributed by atoms with van der Waals surface area (Å²) in [6, 6.07) is 0.611. The van der Waals surface area contributed by atoms with E-state index in [1.165, 1.54) is 6.42 Å². The first-order chi connectivity index (χ1) is 4.66. The molecule has 0 aliphatic heterocycles. The van der Waals surface area contributed by atoms with Gasteiger partial charge < -0.3 is 0 Å². The average molecular weight is 125 g/mol. The highest BCUT2D eigenvalue weighted by molar-refractivity contribution is 5.02. The van der Waals surface area contributed by atoms with Crippen LogP contribution in [-0.4, -0.2) is 0 Å². The fourth-order valence-corrected chi connectivity index (χ4v) is 0.478. The molecule has 0 unspecified atom stereocenters. The highest BCUT2D eigenvalue weighted by Crippen LogP contribution is 2.01. The smallest absolute Gasteiger partial charge is 0.0573 e. The van der Waals surface area contributed by atoms with Crippen LogP contribution in [0.1, 0.15) is 28.6 Å². The molecule has 0 aromatic rings. The maximum absolute atomic E-state index is 7.09. The Kier molecular flexibility index (Phi) is 4.12. The van der Waals surface area contributed by atoms with Crippen LogP contribution in [0.5, 0.6) is 0 Å². The quantitative estimate of drug-likeness (QED) is 0.508. The first-order valence-electron chi connectivity index (χ1n) is 3.98. The van der Waals surface area contributed by atoms with Gasteiger partial charge in [0.25, 0.3) is 0 Å². The Morgan fingerprint density at radius 2 is 2.22 bits per heavy atom. The predicted molar refractivity (Wildman–Crippen MR) is 43.4 cm³/mol. The Morgan fingerprint density at radius 1 is 1.56 bits per heavy atom. The molecule has 0 N–H and O–H groups in total. The van der Waals surface area contributed by atoms with Crippen LogP contribution in [0.2, 0.25) is 0 Å². The lowest BCUT2D eigenvalue weighted by Gasteiger charge is -1.96. The minimum absolute atomic E-state index is 0.611. The molecule has 0 heterocycles. The fraction of sp³-hybridized carbons (Fsp3) is 0.556. The van der Waals surface area contributed by atoms with Crippen molar-refractivity contribution in [2.45, 2.75) is 27.2 Å². The third kappa shape index (κ3) is 5.35. The largest absolute Gasteiger partial charge is 0.0877 e. The van der Waals surface area contributed by atoms with Crippen molar-refractivity contribution in [3.63, 3.8) is 0 Å². The molecule has 0 heteroatoms. The molecule has 0 amide bonds. The third-order valence-corrected chi connectivity index (χ3v) is 1.35. The second kappa shape index (κ2) is 5.61. The molecule has 0 aliphatic carbocycles. The van der Waals surface area contributed by atoms with Crippen LogP contribution in [0.25, 0.3) is 0 Å². The lowest BCUT2D eigenvalue weighted by molar-refractivity contribution is 0.698. The van der Waals surface area contributed by atoms with Gasteiger partial charge in [-0.15, -0.1) is 0 Å². The molecule has 0 nitrogen and oxygen atoms in total. The zero-order valence-corrected chi connectivity index (χ0v) is 6.52. The summed E-state index contributed by atoms with van der Waals surface area (Å²) in [6.45, 7) is 6.11. The van der Waals surface area contributed by atoms with E-state index < -0.39 is 0 Å². The normalized spacial score (nSPS) is 18.1. The van der Waals surface area contributed by atoms with E-state index in [1.807, 2.05) is 12.2 Å². The summed E-state index contributed by atoms with van der Waals surface area (Å²) in [4.78, 5) is 0. The Labute approximate surface area is 59.7 Å². The zero-order chi connectivity index (χ0) is 7.98. The van der Waals surface area contributed by atoms with E-state index in [1.54, 1.807) is 6.92 Å². The van der Waals surface area contributed by atoms with Gasteiger partial charge in [-0.2, -0.15) is 0 Å². The monoisotopic (exact) mass is 125 g/mol. The summed E-state index contributed by atoms with van der Waals surface area (Å²) in [6.07, 6.45) is 7.06. The van der Waals surface area contributed by atoms with Crippen molar-refractivity contribution in [1.82, 2.24) is 0 Å². The van der Waals surface area contributed by atoms with Gasteiger partial charge in [0.05, 0.1) is 1.37 Å². The Hall–Kier alpha value is -0.520. The van der Waals surface area contributed by atoms with Gasteiger partial charge in [0, 0.05) is 0 Å². The van der Waals surface area contributed by atoms with E-state index in [0.29, 0.717) is 12.0 Å². The summed E-state index contributed by atoms with van der Waals surface area (Å²) in [7, 11) is 0. The lowest BCUT2D eigenvalue weighted by atomic mass is 10.1. The number of hydrogen-bond acceptors (Lipinski definition) is 0. The van der Waals surface area contributed by atoms with Gasteiger partial charge in [-0.3, -0.25) is 0 Å². The van der Waals surface area contributed by atoms with Gasteiger partial charge in [-0.05, 0) is 12.8 Å². The highest BCUT2D eigenvalue weighted by atomic mass is 13.9. The fourth-order valence-electron chi connectivity index (χ4n) is 0.478. The molecule has 0 aromatic carbocycles. The van der Waals surface area contributed by atoms with Crippen LogP contribution in [0.15, 0.2) is 24.3 Å². The molecule has 0 aromatic heterocycles. The van der Waals surface area contributed by atoms with Crippen molar-refractivity contribution >= 4 is 0 Å². The van der Waals surface area contributed by atoms with Crippen LogP contribution in [-0.2, 0) is 0 Å². The van der Waals surface area contributed by atoms with Crippen LogP contribution in [0.3, 0.4) is 0 Å². The van der Waals surface area contributed by atoms with E-state index in [-0.39, 0.29) is 0 Å². The van der Waals surface area contributed by atoms with Crippen molar-refractivity contribution in [3.05, 3.63) is 24.3 Å². The zero-order valence-electron chi connectivity index (χ0n) is 7.52. The van der Waals surface area contributed by atoms with Crippen LogP contribution in [0, 0.1) is 5.92 Å². The molecule has 0 spiro atoms. The third-order valence-electron chi connectivity index (χ3n) is 1.35. The minimum atomic E-state index is 0.611. The minimum Gasteiger partial charge on any atom is -0.0877 e. The summed E-state index contributed by atoms with van der Waals surface area (Å²) < 4.78 is 7.09. The van der Waals surface area contributed by atoms with Gasteiger partial charge in [-0.25, -0.2) is 0 Å². The second-order valence-electron chi connectivity index (χ2n) is 2.23.